The summed E-state index contributed by atoms with van der Waals surface area (Å²) in [4.78, 5) is 8.02. The lowest BCUT2D eigenvalue weighted by molar-refractivity contribution is 0.630. The van der Waals surface area contributed by atoms with Crippen molar-refractivity contribution in [1.82, 2.24) is 9.97 Å². The first-order chi connectivity index (χ1) is 8.20. The van der Waals surface area contributed by atoms with Crippen molar-refractivity contribution in [2.24, 2.45) is 0 Å². The van der Waals surface area contributed by atoms with Crippen LogP contribution in [0.3, 0.4) is 0 Å². The molecule has 2 aromatic rings. The second-order valence-electron chi connectivity index (χ2n) is 3.32. The van der Waals surface area contributed by atoms with Crippen molar-refractivity contribution >= 4 is 11.6 Å². The molecule has 1 aromatic carbocycles. The van der Waals surface area contributed by atoms with Gasteiger partial charge < -0.3 is 0 Å². The summed E-state index contributed by atoms with van der Waals surface area (Å²) in [6, 6.07) is 7.77. The van der Waals surface area contributed by atoms with Crippen molar-refractivity contribution in [2.45, 2.75) is 6.42 Å². The number of rotatable bonds is 2. The van der Waals surface area contributed by atoms with E-state index in [1.807, 2.05) is 6.07 Å². The fourth-order valence-corrected chi connectivity index (χ4v) is 1.57. The zero-order valence-electron chi connectivity index (χ0n) is 8.69. The minimum Gasteiger partial charge on any atom is -0.240 e. The molecule has 1 aromatic heterocycles. The molecule has 3 nitrogen and oxygen atoms in total. The maximum atomic E-state index is 13.6. The molecular formula is C12H7ClFN3. The second kappa shape index (κ2) is 4.89. The number of hydrogen-bond acceptors (Lipinski definition) is 3. The van der Waals surface area contributed by atoms with Crippen LogP contribution in [0.2, 0.25) is 5.02 Å². The highest BCUT2D eigenvalue weighted by Crippen LogP contribution is 2.24. The van der Waals surface area contributed by atoms with E-state index in [0.29, 0.717) is 22.1 Å². The van der Waals surface area contributed by atoms with Gasteiger partial charge in [0.1, 0.15) is 11.6 Å². The highest BCUT2D eigenvalue weighted by Gasteiger charge is 2.08. The van der Waals surface area contributed by atoms with Gasteiger partial charge in [-0.1, -0.05) is 11.6 Å². The Balaban J connectivity index is 2.49. The number of nitrogens with zero attached hydrogens (tertiary/aromatic N) is 3. The van der Waals surface area contributed by atoms with Crippen molar-refractivity contribution in [3.63, 3.8) is 0 Å². The van der Waals surface area contributed by atoms with Crippen LogP contribution >= 0.6 is 11.6 Å². The van der Waals surface area contributed by atoms with Crippen LogP contribution in [-0.2, 0) is 6.42 Å². The third-order valence-electron chi connectivity index (χ3n) is 2.15. The molecule has 0 aliphatic heterocycles. The van der Waals surface area contributed by atoms with Gasteiger partial charge in [0.05, 0.1) is 18.2 Å². The predicted octanol–water partition coefficient (Wildman–Crippen LogP) is 3.00. The summed E-state index contributed by atoms with van der Waals surface area (Å²) in [5.74, 6) is -0.0413. The van der Waals surface area contributed by atoms with Gasteiger partial charge in [0.15, 0.2) is 0 Å². The van der Waals surface area contributed by atoms with Crippen LogP contribution < -0.4 is 0 Å². The highest BCUT2D eigenvalue weighted by atomic mass is 35.5. The molecule has 0 N–H and O–H groups in total. The smallest absolute Gasteiger partial charge is 0.142 e. The number of aromatic nitrogens is 2. The Morgan fingerprint density at radius 2 is 2.18 bits per heavy atom. The highest BCUT2D eigenvalue weighted by molar-refractivity contribution is 6.30. The van der Waals surface area contributed by atoms with Gasteiger partial charge in [-0.05, 0) is 24.3 Å². The van der Waals surface area contributed by atoms with Crippen molar-refractivity contribution in [3.8, 4) is 17.3 Å². The van der Waals surface area contributed by atoms with Crippen molar-refractivity contribution in [2.75, 3.05) is 0 Å². The van der Waals surface area contributed by atoms with Crippen LogP contribution in [0.25, 0.3) is 11.3 Å². The van der Waals surface area contributed by atoms with Gasteiger partial charge in [-0.2, -0.15) is 5.26 Å². The Bertz CT molecular complexity index is 593. The van der Waals surface area contributed by atoms with Crippen molar-refractivity contribution in [1.29, 1.82) is 5.26 Å². The van der Waals surface area contributed by atoms with E-state index in [-0.39, 0.29) is 6.42 Å². The van der Waals surface area contributed by atoms with Crippen LogP contribution in [0, 0.1) is 17.1 Å². The molecule has 0 saturated carbocycles. The Kier molecular flexibility index (Phi) is 3.31. The lowest BCUT2D eigenvalue weighted by Gasteiger charge is -2.04. The molecule has 0 atom stereocenters. The normalized spacial score (nSPS) is 9.94. The second-order valence-corrected chi connectivity index (χ2v) is 3.75. The van der Waals surface area contributed by atoms with Crippen molar-refractivity contribution < 1.29 is 4.39 Å². The summed E-state index contributed by atoms with van der Waals surface area (Å²) >= 11 is 5.81. The molecule has 1 heterocycles. The SMILES string of the molecule is N#CCc1nccc(-c2cc(Cl)ccc2F)n1. The Morgan fingerprint density at radius 1 is 1.35 bits per heavy atom. The number of hydrogen-bond donors (Lipinski definition) is 0. The fraction of sp³-hybridized carbons (Fsp3) is 0.0833. The van der Waals surface area contributed by atoms with Gasteiger partial charge >= 0.3 is 0 Å². The largest absolute Gasteiger partial charge is 0.240 e. The van der Waals surface area contributed by atoms with Gasteiger partial charge in [0, 0.05) is 16.8 Å². The lowest BCUT2D eigenvalue weighted by Crippen LogP contribution is -1.96. The summed E-state index contributed by atoms with van der Waals surface area (Å²) in [6.07, 6.45) is 1.59. The van der Waals surface area contributed by atoms with E-state index in [4.69, 9.17) is 16.9 Å². The molecular weight excluding hydrogens is 241 g/mol. The average Bonchev–Trinajstić information content (AvgIpc) is 2.33. The van der Waals surface area contributed by atoms with Crippen LogP contribution in [0.4, 0.5) is 4.39 Å². The maximum absolute atomic E-state index is 13.6. The third kappa shape index (κ3) is 2.58. The molecule has 17 heavy (non-hydrogen) atoms. The molecule has 0 amide bonds. The Morgan fingerprint density at radius 3 is 2.94 bits per heavy atom. The zero-order valence-corrected chi connectivity index (χ0v) is 9.45. The first-order valence-corrected chi connectivity index (χ1v) is 5.23. The molecule has 0 radical (unpaired) electrons. The minimum atomic E-state index is -0.406. The van der Waals surface area contributed by atoms with Gasteiger partial charge in [-0.3, -0.25) is 0 Å². The van der Waals surface area contributed by atoms with Gasteiger partial charge in [0.25, 0.3) is 0 Å². The van der Waals surface area contributed by atoms with Crippen LogP contribution in [0.1, 0.15) is 5.82 Å². The number of halogens is 2. The zero-order chi connectivity index (χ0) is 12.3. The summed E-state index contributed by atoms with van der Waals surface area (Å²) in [5.41, 5.74) is 0.726. The molecule has 0 aliphatic rings. The molecule has 0 aliphatic carbocycles. The topological polar surface area (TPSA) is 49.6 Å². The predicted molar refractivity (Wildman–Crippen MR) is 61.8 cm³/mol. The van der Waals surface area contributed by atoms with E-state index in [2.05, 4.69) is 9.97 Å². The van der Waals surface area contributed by atoms with Crippen LogP contribution in [-0.4, -0.2) is 9.97 Å². The molecule has 5 heteroatoms. The van der Waals surface area contributed by atoms with E-state index in [0.717, 1.165) is 0 Å². The summed E-state index contributed by atoms with van der Waals surface area (Å²) in [5, 5.41) is 8.99. The van der Waals surface area contributed by atoms with Gasteiger partial charge in [0.2, 0.25) is 0 Å². The van der Waals surface area contributed by atoms with E-state index in [1.165, 1.54) is 24.4 Å². The van der Waals surface area contributed by atoms with Crippen LogP contribution in [0.15, 0.2) is 30.5 Å². The molecule has 0 unspecified atom stereocenters. The fourth-order valence-electron chi connectivity index (χ4n) is 1.40. The van der Waals surface area contributed by atoms with E-state index in [1.54, 1.807) is 6.07 Å². The van der Waals surface area contributed by atoms with Crippen molar-refractivity contribution in [3.05, 3.63) is 47.1 Å². The lowest BCUT2D eigenvalue weighted by atomic mass is 10.1. The quantitative estimate of drug-likeness (QED) is 0.820. The molecule has 0 fully saturated rings. The third-order valence-corrected chi connectivity index (χ3v) is 2.38. The summed E-state index contributed by atoms with van der Waals surface area (Å²) < 4.78 is 13.6. The first-order valence-electron chi connectivity index (χ1n) is 4.85. The van der Waals surface area contributed by atoms with Gasteiger partial charge in [-0.25, -0.2) is 14.4 Å². The van der Waals surface area contributed by atoms with Gasteiger partial charge in [-0.15, -0.1) is 0 Å². The monoisotopic (exact) mass is 247 g/mol. The van der Waals surface area contributed by atoms with Crippen LogP contribution in [0.5, 0.6) is 0 Å². The number of benzene rings is 1. The van der Waals surface area contributed by atoms with E-state index >= 15 is 0 Å². The molecule has 0 bridgehead atoms. The number of nitriles is 1. The average molecular weight is 248 g/mol. The molecule has 0 saturated heterocycles. The summed E-state index contributed by atoms with van der Waals surface area (Å²) in [6.45, 7) is 0. The minimum absolute atomic E-state index is 0.0933. The Hall–Kier alpha value is -1.99. The maximum Gasteiger partial charge on any atom is 0.142 e. The summed E-state index contributed by atoms with van der Waals surface area (Å²) in [7, 11) is 0. The standard InChI is InChI=1S/C12H7ClFN3/c13-8-1-2-10(14)9(7-8)11-4-6-16-12(17-11)3-5-15/h1-2,4,6-7H,3H2. The Labute approximate surface area is 103 Å². The van der Waals surface area contributed by atoms with E-state index < -0.39 is 5.82 Å². The molecule has 84 valence electrons. The van der Waals surface area contributed by atoms with E-state index in [9.17, 15) is 4.39 Å². The molecule has 2 rings (SSSR count). The molecule has 0 spiro atoms. The first kappa shape index (κ1) is 11.5.